The highest BCUT2D eigenvalue weighted by molar-refractivity contribution is 6.31. The summed E-state index contributed by atoms with van der Waals surface area (Å²) < 4.78 is 0. The zero-order valence-corrected chi connectivity index (χ0v) is 28.9. The molecule has 0 spiro atoms. The van der Waals surface area contributed by atoms with Gasteiger partial charge in [-0.25, -0.2) is 0 Å². The summed E-state index contributed by atoms with van der Waals surface area (Å²) in [6.07, 6.45) is 7.19. The Kier molecular flexibility index (Phi) is 8.41. The van der Waals surface area contributed by atoms with Gasteiger partial charge in [-0.15, -0.1) is 0 Å². The van der Waals surface area contributed by atoms with Crippen molar-refractivity contribution in [3.8, 4) is 0 Å². The second kappa shape index (κ2) is 13.5. The summed E-state index contributed by atoms with van der Waals surface area (Å²) in [4.78, 5) is 77.6. The third-order valence-electron chi connectivity index (χ3n) is 10.4. The third kappa shape index (κ3) is 5.53. The molecule has 6 aromatic rings. The second-order valence-electron chi connectivity index (χ2n) is 13.4. The number of nitrogens with zero attached hydrogens (tertiary/aromatic N) is 7. The van der Waals surface area contributed by atoms with Crippen LogP contribution < -0.4 is 20.9 Å². The quantitative estimate of drug-likeness (QED) is 0.103. The lowest BCUT2D eigenvalue weighted by Crippen LogP contribution is -2.47. The lowest BCUT2D eigenvalue weighted by molar-refractivity contribution is 0.0597. The van der Waals surface area contributed by atoms with E-state index < -0.39 is 0 Å². The minimum absolute atomic E-state index is 0.217. The molecule has 0 bridgehead atoms. The predicted octanol–water partition coefficient (Wildman–Crippen LogP) is 2.75. The van der Waals surface area contributed by atoms with Crippen LogP contribution in [-0.2, 0) is 0 Å². The van der Waals surface area contributed by atoms with Crippen molar-refractivity contribution >= 4 is 72.9 Å². The standard InChI is InChI=1S/C39H36N10O4/c50-36-25-4-1-3-23-31(25)26(21-28-34(23)45-11-9-43-28)37(51)48(36)19-15-40-7-2-8-41-16-20-49-38(52)27-22-29-35(46-12-10-44-29)24-5-6-30(33(32(24)27)39(49)53)47-17-13-42-14-18-47/h1,3-6,9-12,21-22,40-42H,2,7-8,13-20H2. The average Bonchev–Trinajstić information content (AvgIpc) is 3.20. The molecule has 3 N–H and O–H groups in total. The molecule has 5 heterocycles. The first-order valence-corrected chi connectivity index (χ1v) is 18.0. The zero-order chi connectivity index (χ0) is 36.1. The number of piperazine rings is 1. The Morgan fingerprint density at radius 2 is 1.17 bits per heavy atom. The van der Waals surface area contributed by atoms with Gasteiger partial charge >= 0.3 is 0 Å². The molecule has 1 saturated heterocycles. The summed E-state index contributed by atoms with van der Waals surface area (Å²) >= 11 is 0. The van der Waals surface area contributed by atoms with Gasteiger partial charge in [-0.3, -0.25) is 48.9 Å². The lowest BCUT2D eigenvalue weighted by Gasteiger charge is -2.34. The van der Waals surface area contributed by atoms with Gasteiger partial charge in [0, 0.05) is 104 Å². The summed E-state index contributed by atoms with van der Waals surface area (Å²) in [6, 6.07) is 12.9. The molecule has 266 valence electrons. The van der Waals surface area contributed by atoms with Crippen molar-refractivity contribution < 1.29 is 19.2 Å². The van der Waals surface area contributed by atoms with Gasteiger partial charge in [-0.2, -0.15) is 0 Å². The molecule has 3 aliphatic heterocycles. The third-order valence-corrected chi connectivity index (χ3v) is 10.4. The number of imide groups is 2. The van der Waals surface area contributed by atoms with Crippen LogP contribution in [0.5, 0.6) is 0 Å². The van der Waals surface area contributed by atoms with E-state index in [-0.39, 0.29) is 36.7 Å². The number of fused-ring (bicyclic) bond motifs is 4. The Hall–Kier alpha value is -5.96. The normalized spacial score (nSPS) is 15.9. The molecular formula is C39H36N10O4. The topological polar surface area (TPSA) is 166 Å². The maximum Gasteiger partial charge on any atom is 0.263 e. The molecular weight excluding hydrogens is 672 g/mol. The fraction of sp³-hybridized carbons (Fsp3) is 0.282. The summed E-state index contributed by atoms with van der Waals surface area (Å²) in [5.41, 5.74) is 5.36. The lowest BCUT2D eigenvalue weighted by atomic mass is 9.91. The van der Waals surface area contributed by atoms with Crippen LogP contribution in [0.4, 0.5) is 5.69 Å². The minimum atomic E-state index is -0.337. The summed E-state index contributed by atoms with van der Waals surface area (Å²) in [5.74, 6) is -1.28. The zero-order valence-electron chi connectivity index (χ0n) is 28.9. The molecule has 9 rings (SSSR count). The molecule has 14 nitrogen and oxygen atoms in total. The fourth-order valence-corrected chi connectivity index (χ4v) is 7.88. The Morgan fingerprint density at radius 3 is 1.83 bits per heavy atom. The molecule has 0 unspecified atom stereocenters. The van der Waals surface area contributed by atoms with Gasteiger partial charge in [0.05, 0.1) is 44.4 Å². The van der Waals surface area contributed by atoms with E-state index in [9.17, 15) is 19.2 Å². The number of hydrogen-bond donors (Lipinski definition) is 3. The molecule has 1 fully saturated rings. The van der Waals surface area contributed by atoms with Crippen LogP contribution in [0.1, 0.15) is 47.9 Å². The molecule has 14 heteroatoms. The van der Waals surface area contributed by atoms with Crippen molar-refractivity contribution in [1.82, 2.24) is 45.7 Å². The highest BCUT2D eigenvalue weighted by atomic mass is 16.2. The van der Waals surface area contributed by atoms with Gasteiger partial charge < -0.3 is 20.9 Å². The van der Waals surface area contributed by atoms with Gasteiger partial charge in [0.15, 0.2) is 0 Å². The number of hydrogen-bond acceptors (Lipinski definition) is 12. The van der Waals surface area contributed by atoms with E-state index in [0.717, 1.165) is 49.1 Å². The Balaban J connectivity index is 0.810. The van der Waals surface area contributed by atoms with Crippen LogP contribution in [0.3, 0.4) is 0 Å². The number of carbonyl (C=O) groups excluding carboxylic acids is 4. The number of rotatable bonds is 11. The smallest absolute Gasteiger partial charge is 0.263 e. The predicted molar refractivity (Wildman–Crippen MR) is 200 cm³/mol. The summed E-state index contributed by atoms with van der Waals surface area (Å²) in [7, 11) is 0. The number of amides is 4. The number of benzene rings is 4. The summed E-state index contributed by atoms with van der Waals surface area (Å²) in [5, 5.41) is 12.8. The van der Waals surface area contributed by atoms with Crippen LogP contribution in [-0.4, -0.2) is 119 Å². The fourth-order valence-electron chi connectivity index (χ4n) is 7.88. The van der Waals surface area contributed by atoms with E-state index in [4.69, 9.17) is 0 Å². The first-order valence-electron chi connectivity index (χ1n) is 18.0. The number of aromatic nitrogens is 4. The van der Waals surface area contributed by atoms with Crippen molar-refractivity contribution in [2.75, 3.05) is 70.3 Å². The maximum atomic E-state index is 14.1. The molecule has 4 aromatic carbocycles. The van der Waals surface area contributed by atoms with E-state index >= 15 is 0 Å². The van der Waals surface area contributed by atoms with Gasteiger partial charge in [0.25, 0.3) is 23.6 Å². The van der Waals surface area contributed by atoms with Gasteiger partial charge in [-0.1, -0.05) is 12.1 Å². The Bertz CT molecular complexity index is 2500. The first-order chi connectivity index (χ1) is 26.0. The Labute approximate surface area is 303 Å². The van der Waals surface area contributed by atoms with Crippen LogP contribution in [0.15, 0.2) is 67.3 Å². The highest BCUT2D eigenvalue weighted by Crippen LogP contribution is 2.39. The van der Waals surface area contributed by atoms with E-state index in [1.807, 2.05) is 24.3 Å². The molecule has 0 saturated carbocycles. The summed E-state index contributed by atoms with van der Waals surface area (Å²) in [6.45, 7) is 5.76. The van der Waals surface area contributed by atoms with Crippen molar-refractivity contribution in [1.29, 1.82) is 0 Å². The first kappa shape index (κ1) is 32.9. The molecule has 53 heavy (non-hydrogen) atoms. The molecule has 0 aliphatic carbocycles. The minimum Gasteiger partial charge on any atom is -0.368 e. The average molecular weight is 709 g/mol. The van der Waals surface area contributed by atoms with Crippen molar-refractivity contribution in [2.24, 2.45) is 0 Å². The van der Waals surface area contributed by atoms with E-state index in [1.54, 1.807) is 43.0 Å². The largest absolute Gasteiger partial charge is 0.368 e. The molecule has 4 amide bonds. The monoisotopic (exact) mass is 708 g/mol. The highest BCUT2D eigenvalue weighted by Gasteiger charge is 2.37. The van der Waals surface area contributed by atoms with E-state index in [0.29, 0.717) is 81.3 Å². The van der Waals surface area contributed by atoms with E-state index in [2.05, 4.69) is 40.8 Å². The van der Waals surface area contributed by atoms with E-state index in [1.165, 1.54) is 9.80 Å². The van der Waals surface area contributed by atoms with Crippen LogP contribution in [0, 0.1) is 0 Å². The second-order valence-corrected chi connectivity index (χ2v) is 13.4. The number of nitrogens with one attached hydrogen (secondary N) is 3. The van der Waals surface area contributed by atoms with Crippen LogP contribution in [0.25, 0.3) is 43.6 Å². The van der Waals surface area contributed by atoms with Crippen LogP contribution in [0.2, 0.25) is 0 Å². The van der Waals surface area contributed by atoms with Crippen molar-refractivity contribution in [3.63, 3.8) is 0 Å². The Morgan fingerprint density at radius 1 is 0.604 bits per heavy atom. The number of carbonyl (C=O) groups is 4. The van der Waals surface area contributed by atoms with Gasteiger partial charge in [-0.05, 0) is 49.8 Å². The van der Waals surface area contributed by atoms with Gasteiger partial charge in [0.2, 0.25) is 0 Å². The molecule has 3 aliphatic rings. The molecule has 2 aromatic heterocycles. The van der Waals surface area contributed by atoms with Crippen LogP contribution >= 0.6 is 0 Å². The maximum absolute atomic E-state index is 14.1. The SMILES string of the molecule is O=C1c2cccc3c2c(cc2nccnc23)C(=O)N1CCNCCCNCCN1C(=O)c2cc3nccnc3c3ccc(N4CCNCC4)c(c23)C1=O. The number of anilines is 1. The molecule has 0 radical (unpaired) electrons. The van der Waals surface area contributed by atoms with Gasteiger partial charge in [0.1, 0.15) is 0 Å². The van der Waals surface area contributed by atoms with Crippen molar-refractivity contribution in [2.45, 2.75) is 6.42 Å². The molecule has 0 atom stereocenters. The van der Waals surface area contributed by atoms with Crippen molar-refractivity contribution in [3.05, 3.63) is 89.5 Å².